The van der Waals surface area contributed by atoms with E-state index in [1.54, 1.807) is 0 Å². The zero-order valence-electron chi connectivity index (χ0n) is 9.13. The van der Waals surface area contributed by atoms with Gasteiger partial charge in [0.05, 0.1) is 11.1 Å². The fourth-order valence-electron chi connectivity index (χ4n) is 2.19. The van der Waals surface area contributed by atoms with Crippen LogP contribution >= 0.6 is 0 Å². The highest BCUT2D eigenvalue weighted by molar-refractivity contribution is 6.23. The Morgan fingerprint density at radius 1 is 1.11 bits per heavy atom. The van der Waals surface area contributed by atoms with E-state index in [1.807, 2.05) is 0 Å². The highest BCUT2D eigenvalue weighted by atomic mass is 16.3. The summed E-state index contributed by atoms with van der Waals surface area (Å²) in [6.07, 6.45) is 2.63. The number of imide groups is 2. The molecule has 0 radical (unpaired) electrons. The summed E-state index contributed by atoms with van der Waals surface area (Å²) < 4.78 is 4.78. The van der Waals surface area contributed by atoms with Crippen LogP contribution in [0.2, 0.25) is 0 Å². The van der Waals surface area contributed by atoms with Crippen LogP contribution in [0.15, 0.2) is 16.9 Å². The number of carbonyl (C=O) groups excluding carboxylic acids is 4. The van der Waals surface area contributed by atoms with Gasteiger partial charge >= 0.3 is 0 Å². The van der Waals surface area contributed by atoms with Crippen molar-refractivity contribution in [2.45, 2.75) is 18.9 Å². The molecule has 1 aromatic heterocycles. The quantitative estimate of drug-likeness (QED) is 0.687. The lowest BCUT2D eigenvalue weighted by molar-refractivity contribution is -0.136. The molecule has 1 fully saturated rings. The first-order chi connectivity index (χ1) is 8.59. The molecule has 1 N–H and O–H groups in total. The van der Waals surface area contributed by atoms with Crippen LogP contribution in [0.1, 0.15) is 33.6 Å². The number of carbonyl (C=O) groups is 4. The molecule has 1 saturated heterocycles. The molecule has 18 heavy (non-hydrogen) atoms. The maximum absolute atomic E-state index is 12.0. The van der Waals surface area contributed by atoms with Gasteiger partial charge in [-0.15, -0.1) is 0 Å². The highest BCUT2D eigenvalue weighted by Crippen LogP contribution is 2.27. The first-order valence-corrected chi connectivity index (χ1v) is 5.37. The zero-order chi connectivity index (χ0) is 12.9. The van der Waals surface area contributed by atoms with E-state index >= 15 is 0 Å². The Bertz CT molecular complexity index is 558. The third-order valence-corrected chi connectivity index (χ3v) is 3.08. The molecule has 7 heteroatoms. The second kappa shape index (κ2) is 3.52. The molecular formula is C11H8N2O5. The van der Waals surface area contributed by atoms with E-state index in [2.05, 4.69) is 5.32 Å². The lowest BCUT2D eigenvalue weighted by atomic mass is 10.0. The van der Waals surface area contributed by atoms with Gasteiger partial charge in [0, 0.05) is 6.42 Å². The van der Waals surface area contributed by atoms with Gasteiger partial charge in [0.2, 0.25) is 11.8 Å². The molecule has 1 unspecified atom stereocenters. The van der Waals surface area contributed by atoms with Crippen LogP contribution in [0.5, 0.6) is 0 Å². The first kappa shape index (κ1) is 10.7. The summed E-state index contributed by atoms with van der Waals surface area (Å²) in [4.78, 5) is 47.5. The summed E-state index contributed by atoms with van der Waals surface area (Å²) in [7, 11) is 0. The SMILES string of the molecule is O=C1CCC(N2C(=O)c3cocc3C2=O)C(=O)N1. The molecule has 1 atom stereocenters. The van der Waals surface area contributed by atoms with Gasteiger partial charge in [0.25, 0.3) is 11.8 Å². The van der Waals surface area contributed by atoms with Gasteiger partial charge < -0.3 is 4.42 Å². The van der Waals surface area contributed by atoms with Crippen molar-refractivity contribution >= 4 is 23.6 Å². The van der Waals surface area contributed by atoms with E-state index in [-0.39, 0.29) is 24.0 Å². The van der Waals surface area contributed by atoms with Crippen LogP contribution < -0.4 is 5.32 Å². The van der Waals surface area contributed by atoms with Crippen molar-refractivity contribution < 1.29 is 23.6 Å². The van der Waals surface area contributed by atoms with Gasteiger partial charge in [0.1, 0.15) is 18.6 Å². The topological polar surface area (TPSA) is 96.7 Å². The highest BCUT2D eigenvalue weighted by Gasteiger charge is 2.45. The third kappa shape index (κ3) is 1.30. The fraction of sp³-hybridized carbons (Fsp3) is 0.273. The summed E-state index contributed by atoms with van der Waals surface area (Å²) in [5.41, 5.74) is 0.314. The Hall–Kier alpha value is -2.44. The minimum atomic E-state index is -0.921. The number of hydrogen-bond acceptors (Lipinski definition) is 5. The number of furan rings is 1. The minimum Gasteiger partial charge on any atom is -0.471 e. The smallest absolute Gasteiger partial charge is 0.265 e. The Kier molecular flexibility index (Phi) is 2.09. The second-order valence-corrected chi connectivity index (χ2v) is 4.15. The Labute approximate surface area is 101 Å². The van der Waals surface area contributed by atoms with E-state index in [0.29, 0.717) is 0 Å². The van der Waals surface area contributed by atoms with Gasteiger partial charge in [-0.3, -0.25) is 29.4 Å². The number of nitrogens with zero attached hydrogens (tertiary/aromatic N) is 1. The van der Waals surface area contributed by atoms with E-state index in [1.165, 1.54) is 12.5 Å². The summed E-state index contributed by atoms with van der Waals surface area (Å²) >= 11 is 0. The molecule has 2 aliphatic rings. The number of nitrogens with one attached hydrogen (secondary N) is 1. The molecule has 7 nitrogen and oxygen atoms in total. The monoisotopic (exact) mass is 248 g/mol. The summed E-state index contributed by atoms with van der Waals surface area (Å²) in [5, 5.41) is 2.12. The van der Waals surface area contributed by atoms with Crippen molar-refractivity contribution in [3.05, 3.63) is 23.7 Å². The Morgan fingerprint density at radius 3 is 2.28 bits per heavy atom. The van der Waals surface area contributed by atoms with Gasteiger partial charge in [-0.1, -0.05) is 0 Å². The average molecular weight is 248 g/mol. The van der Waals surface area contributed by atoms with Crippen LogP contribution in [0.25, 0.3) is 0 Å². The largest absolute Gasteiger partial charge is 0.471 e. The van der Waals surface area contributed by atoms with Crippen molar-refractivity contribution in [1.29, 1.82) is 0 Å². The molecule has 0 aromatic carbocycles. The number of piperidine rings is 1. The maximum Gasteiger partial charge on any atom is 0.265 e. The van der Waals surface area contributed by atoms with Crippen molar-refractivity contribution in [1.82, 2.24) is 10.2 Å². The average Bonchev–Trinajstić information content (AvgIpc) is 2.87. The first-order valence-electron chi connectivity index (χ1n) is 5.37. The molecule has 3 heterocycles. The van der Waals surface area contributed by atoms with Gasteiger partial charge in [0.15, 0.2) is 0 Å². The molecule has 0 bridgehead atoms. The van der Waals surface area contributed by atoms with Crippen molar-refractivity contribution in [3.8, 4) is 0 Å². The van der Waals surface area contributed by atoms with E-state index in [9.17, 15) is 19.2 Å². The van der Waals surface area contributed by atoms with E-state index in [0.717, 1.165) is 4.90 Å². The minimum absolute atomic E-state index is 0.113. The Morgan fingerprint density at radius 2 is 1.72 bits per heavy atom. The van der Waals surface area contributed by atoms with E-state index in [4.69, 9.17) is 4.42 Å². The summed E-state index contributed by atoms with van der Waals surface area (Å²) in [6.45, 7) is 0. The fourth-order valence-corrected chi connectivity index (χ4v) is 2.19. The van der Waals surface area contributed by atoms with Gasteiger partial charge in [-0.05, 0) is 6.42 Å². The molecule has 1 aromatic rings. The van der Waals surface area contributed by atoms with Gasteiger partial charge in [-0.2, -0.15) is 0 Å². The number of amides is 4. The van der Waals surface area contributed by atoms with Crippen LogP contribution in [-0.4, -0.2) is 34.6 Å². The van der Waals surface area contributed by atoms with Crippen molar-refractivity contribution in [2.24, 2.45) is 0 Å². The number of rotatable bonds is 1. The summed E-state index contributed by atoms with van der Waals surface area (Å²) in [5.74, 6) is -2.12. The zero-order valence-corrected chi connectivity index (χ0v) is 9.13. The van der Waals surface area contributed by atoms with Crippen LogP contribution in [0.4, 0.5) is 0 Å². The molecule has 3 rings (SSSR count). The maximum atomic E-state index is 12.0. The second-order valence-electron chi connectivity index (χ2n) is 4.15. The molecule has 2 aliphatic heterocycles. The van der Waals surface area contributed by atoms with Crippen LogP contribution in [0, 0.1) is 0 Å². The molecule has 0 spiro atoms. The molecular weight excluding hydrogens is 240 g/mol. The lowest BCUT2D eigenvalue weighted by Gasteiger charge is -2.27. The molecule has 0 saturated carbocycles. The van der Waals surface area contributed by atoms with E-state index < -0.39 is 29.7 Å². The van der Waals surface area contributed by atoms with Gasteiger partial charge in [-0.25, -0.2) is 0 Å². The lowest BCUT2D eigenvalue weighted by Crippen LogP contribution is -2.54. The molecule has 4 amide bonds. The standard InChI is InChI=1S/C11H8N2O5/c14-8-2-1-7(9(15)12-8)13-10(16)5-3-18-4-6(5)11(13)17/h3-4,7H,1-2H2,(H,12,14,15). The van der Waals surface area contributed by atoms with Crippen molar-refractivity contribution in [3.63, 3.8) is 0 Å². The van der Waals surface area contributed by atoms with Crippen LogP contribution in [-0.2, 0) is 9.59 Å². The third-order valence-electron chi connectivity index (χ3n) is 3.08. The normalized spacial score (nSPS) is 23.3. The van der Waals surface area contributed by atoms with Crippen molar-refractivity contribution in [2.75, 3.05) is 0 Å². The number of fused-ring (bicyclic) bond motifs is 1. The molecule has 0 aliphatic carbocycles. The molecule has 92 valence electrons. The number of hydrogen-bond donors (Lipinski definition) is 1. The van der Waals surface area contributed by atoms with Crippen LogP contribution in [0.3, 0.4) is 0 Å². The predicted octanol–water partition coefficient (Wildman–Crippen LogP) is -0.319. The Balaban J connectivity index is 1.93. The predicted molar refractivity (Wildman–Crippen MR) is 55.4 cm³/mol. The summed E-state index contributed by atoms with van der Waals surface area (Å²) in [6, 6.07) is -0.921.